The molecule has 1 aromatic carbocycles. The Kier molecular flexibility index (Phi) is 6.72. The summed E-state index contributed by atoms with van der Waals surface area (Å²) in [6.45, 7) is 3.65. The van der Waals surface area contributed by atoms with Crippen LogP contribution in [0.4, 0.5) is 5.95 Å². The lowest BCUT2D eigenvalue weighted by Gasteiger charge is -2.22. The number of carbonyl (C=O) groups excluding carboxylic acids is 1. The molecule has 0 bridgehead atoms. The Morgan fingerprint density at radius 1 is 1.50 bits per heavy atom. The third kappa shape index (κ3) is 4.69. The van der Waals surface area contributed by atoms with E-state index in [1.165, 1.54) is 0 Å². The van der Waals surface area contributed by atoms with Crippen molar-refractivity contribution in [2.75, 3.05) is 19.0 Å². The summed E-state index contributed by atoms with van der Waals surface area (Å²) in [5.41, 5.74) is 1.17. The van der Waals surface area contributed by atoms with E-state index in [1.54, 1.807) is 43.0 Å². The summed E-state index contributed by atoms with van der Waals surface area (Å²) in [5, 5.41) is 30.3. The molecule has 2 heterocycles. The van der Waals surface area contributed by atoms with Crippen LogP contribution in [0.15, 0.2) is 29.0 Å². The van der Waals surface area contributed by atoms with E-state index in [-0.39, 0.29) is 18.6 Å². The van der Waals surface area contributed by atoms with Gasteiger partial charge in [0.2, 0.25) is 11.9 Å². The number of nitrogens with one attached hydrogen (secondary N) is 2. The Hall–Kier alpha value is -3.23. The molecule has 1 fully saturated rings. The number of halogens is 1. The highest BCUT2D eigenvalue weighted by Gasteiger charge is 2.41. The zero-order valence-corrected chi connectivity index (χ0v) is 20.8. The second kappa shape index (κ2) is 9.56. The highest BCUT2D eigenvalue weighted by atomic mass is 79.9. The summed E-state index contributed by atoms with van der Waals surface area (Å²) in [5.74, 6) is 0.851. The van der Waals surface area contributed by atoms with Gasteiger partial charge in [-0.15, -0.1) is 0 Å². The van der Waals surface area contributed by atoms with Crippen LogP contribution in [-0.4, -0.2) is 56.6 Å². The minimum absolute atomic E-state index is 0.0459. The lowest BCUT2D eigenvalue weighted by atomic mass is 9.87. The van der Waals surface area contributed by atoms with Crippen LogP contribution in [0.1, 0.15) is 38.7 Å². The largest absolute Gasteiger partial charge is 0.489 e. The van der Waals surface area contributed by atoms with Crippen molar-refractivity contribution in [2.24, 2.45) is 5.41 Å². The highest BCUT2D eigenvalue weighted by Crippen LogP contribution is 2.39. The Bertz CT molecular complexity index is 1270. The number of aromatic nitrogens is 4. The molecule has 0 saturated heterocycles. The molecule has 178 valence electrons. The first-order chi connectivity index (χ1) is 16.2. The number of carbonyl (C=O) groups is 1. The van der Waals surface area contributed by atoms with Gasteiger partial charge in [-0.2, -0.15) is 15.3 Å². The predicted octanol–water partition coefficient (Wildman–Crippen LogP) is 2.93. The fourth-order valence-corrected chi connectivity index (χ4v) is 4.68. The first-order valence-electron chi connectivity index (χ1n) is 11.0. The van der Waals surface area contributed by atoms with Crippen LogP contribution in [-0.2, 0) is 4.79 Å². The fourth-order valence-electron chi connectivity index (χ4n) is 4.24. The number of aliphatic hydroxyl groups excluding tert-OH is 1. The highest BCUT2D eigenvalue weighted by molar-refractivity contribution is 9.10. The summed E-state index contributed by atoms with van der Waals surface area (Å²) < 4.78 is 7.85. The normalized spacial score (nSPS) is 20.6. The topological polar surface area (TPSA) is 138 Å². The number of benzene rings is 1. The summed E-state index contributed by atoms with van der Waals surface area (Å²) in [7, 11) is 1.66. The number of amides is 1. The maximum Gasteiger partial charge on any atom is 0.225 e. The van der Waals surface area contributed by atoms with Gasteiger partial charge < -0.3 is 20.5 Å². The summed E-state index contributed by atoms with van der Waals surface area (Å²) in [6.07, 6.45) is 3.35. The number of nitriles is 1. The van der Waals surface area contributed by atoms with E-state index >= 15 is 0 Å². The van der Waals surface area contributed by atoms with Crippen LogP contribution in [0.5, 0.6) is 5.75 Å². The van der Waals surface area contributed by atoms with Gasteiger partial charge in [0.15, 0.2) is 5.65 Å². The smallest absolute Gasteiger partial charge is 0.225 e. The molecule has 3 aromatic rings. The van der Waals surface area contributed by atoms with Crippen LogP contribution in [0.2, 0.25) is 0 Å². The molecule has 0 aliphatic heterocycles. The van der Waals surface area contributed by atoms with Gasteiger partial charge in [0.25, 0.3) is 0 Å². The average Bonchev–Trinajstić information content (AvgIpc) is 3.37. The number of fused-ring (bicyclic) bond motifs is 1. The van der Waals surface area contributed by atoms with Crippen molar-refractivity contribution in [3.8, 4) is 17.5 Å². The van der Waals surface area contributed by atoms with Crippen molar-refractivity contribution in [2.45, 2.75) is 45.3 Å². The number of aliphatic hydroxyl groups is 1. The van der Waals surface area contributed by atoms with Crippen molar-refractivity contribution in [1.29, 1.82) is 5.26 Å². The van der Waals surface area contributed by atoms with Crippen molar-refractivity contribution in [3.63, 3.8) is 0 Å². The molecular formula is C23H26BrN7O3. The van der Waals surface area contributed by atoms with Gasteiger partial charge in [-0.3, -0.25) is 4.79 Å². The van der Waals surface area contributed by atoms with Crippen LogP contribution < -0.4 is 15.4 Å². The van der Waals surface area contributed by atoms with E-state index in [1.807, 2.05) is 6.92 Å². The van der Waals surface area contributed by atoms with Gasteiger partial charge in [0.1, 0.15) is 23.0 Å². The Morgan fingerprint density at radius 3 is 3.00 bits per heavy atom. The minimum atomic E-state index is -0.669. The lowest BCUT2D eigenvalue weighted by Crippen LogP contribution is -2.35. The predicted molar refractivity (Wildman–Crippen MR) is 130 cm³/mol. The van der Waals surface area contributed by atoms with Crippen molar-refractivity contribution in [3.05, 3.63) is 34.6 Å². The molecule has 1 amide bonds. The molecule has 1 aliphatic carbocycles. The van der Waals surface area contributed by atoms with Crippen molar-refractivity contribution in [1.82, 2.24) is 25.1 Å². The third-order valence-corrected chi connectivity index (χ3v) is 6.63. The van der Waals surface area contributed by atoms with Crippen molar-refractivity contribution >= 4 is 38.8 Å². The number of anilines is 1. The summed E-state index contributed by atoms with van der Waals surface area (Å²) in [6, 6.07) is 7.28. The number of ether oxygens (including phenoxy) is 1. The molecule has 1 unspecified atom stereocenters. The molecule has 34 heavy (non-hydrogen) atoms. The van der Waals surface area contributed by atoms with Gasteiger partial charge in [0, 0.05) is 30.8 Å². The standard InChI is InChI=1S/C23H26BrN7O3/c1-13(32)12-34-18-8-16(5-4-14(18)10-25)31-20-17(19(24)30-31)11-27-22(29-20)28-15-6-7-23(2,9-15)21(33)26-3/h4-5,8,11,13,15,32H,6-7,9,12H2,1-3H3,(H,26,33)(H,27,28,29)/t13?,15-,23-/m1/s1. The molecule has 1 saturated carbocycles. The molecule has 3 N–H and O–H groups in total. The maximum absolute atomic E-state index is 12.2. The zero-order chi connectivity index (χ0) is 24.5. The van der Waals surface area contributed by atoms with Gasteiger partial charge in [-0.05, 0) is 54.2 Å². The zero-order valence-electron chi connectivity index (χ0n) is 19.2. The van der Waals surface area contributed by atoms with E-state index in [0.29, 0.717) is 39.6 Å². The SMILES string of the molecule is CNC(=O)[C@]1(C)CC[C@@H](Nc2ncc3c(Br)nn(-c4ccc(C#N)c(OCC(C)O)c4)c3n2)C1. The van der Waals surface area contributed by atoms with Gasteiger partial charge >= 0.3 is 0 Å². The molecule has 4 rings (SSSR count). The lowest BCUT2D eigenvalue weighted by molar-refractivity contribution is -0.129. The van der Waals surface area contributed by atoms with E-state index in [0.717, 1.165) is 18.2 Å². The van der Waals surface area contributed by atoms with E-state index < -0.39 is 11.5 Å². The Morgan fingerprint density at radius 2 is 2.29 bits per heavy atom. The van der Waals surface area contributed by atoms with Gasteiger partial charge in [-0.1, -0.05) is 6.92 Å². The molecule has 1 aliphatic rings. The Balaban J connectivity index is 1.64. The molecule has 2 aromatic heterocycles. The Labute approximate surface area is 205 Å². The summed E-state index contributed by atoms with van der Waals surface area (Å²) in [4.78, 5) is 21.4. The maximum atomic E-state index is 12.2. The first kappa shape index (κ1) is 23.9. The third-order valence-electron chi connectivity index (χ3n) is 6.04. The van der Waals surface area contributed by atoms with E-state index in [2.05, 4.69) is 42.7 Å². The van der Waals surface area contributed by atoms with E-state index in [4.69, 9.17) is 9.72 Å². The van der Waals surface area contributed by atoms with Crippen LogP contribution in [0.25, 0.3) is 16.7 Å². The number of hydrogen-bond donors (Lipinski definition) is 3. The number of nitrogens with zero attached hydrogens (tertiary/aromatic N) is 5. The molecular weight excluding hydrogens is 502 g/mol. The molecule has 11 heteroatoms. The van der Waals surface area contributed by atoms with Gasteiger partial charge in [-0.25, -0.2) is 9.67 Å². The van der Waals surface area contributed by atoms with E-state index in [9.17, 15) is 15.2 Å². The first-order valence-corrected chi connectivity index (χ1v) is 11.8. The monoisotopic (exact) mass is 527 g/mol. The van der Waals surface area contributed by atoms with Gasteiger partial charge in [0.05, 0.1) is 22.7 Å². The average molecular weight is 528 g/mol. The second-order valence-electron chi connectivity index (χ2n) is 8.81. The second-order valence-corrected chi connectivity index (χ2v) is 9.56. The fraction of sp³-hybridized carbons (Fsp3) is 0.435. The van der Waals surface area contributed by atoms with Crippen LogP contribution in [0, 0.1) is 16.7 Å². The molecule has 0 radical (unpaired) electrons. The quantitative estimate of drug-likeness (QED) is 0.426. The minimum Gasteiger partial charge on any atom is -0.489 e. The van der Waals surface area contributed by atoms with Crippen LogP contribution in [0.3, 0.4) is 0 Å². The molecule has 0 spiro atoms. The molecule has 10 nitrogen and oxygen atoms in total. The van der Waals surface area contributed by atoms with Crippen molar-refractivity contribution < 1.29 is 14.6 Å². The number of hydrogen-bond acceptors (Lipinski definition) is 8. The summed E-state index contributed by atoms with van der Waals surface area (Å²) >= 11 is 3.47. The van der Waals surface area contributed by atoms with Crippen LogP contribution >= 0.6 is 15.9 Å². The molecule has 3 atom stereocenters. The number of rotatable bonds is 7.